The molecule has 5 nitrogen and oxygen atoms in total. The van der Waals surface area contributed by atoms with Crippen LogP contribution in [0.2, 0.25) is 0 Å². The number of piperidine rings is 1. The Bertz CT molecular complexity index is 904. The number of ether oxygens (including phenoxy) is 2. The van der Waals surface area contributed by atoms with Crippen molar-refractivity contribution in [3.63, 3.8) is 0 Å². The molecule has 0 bridgehead atoms. The molecular formula is C28H38N2O3. The average Bonchev–Trinajstić information content (AvgIpc) is 2.83. The third-order valence-corrected chi connectivity index (χ3v) is 7.28. The van der Waals surface area contributed by atoms with Crippen molar-refractivity contribution in [1.82, 2.24) is 9.80 Å². The van der Waals surface area contributed by atoms with E-state index >= 15 is 0 Å². The van der Waals surface area contributed by atoms with Crippen LogP contribution in [0.4, 0.5) is 0 Å². The smallest absolute Gasteiger partial charge is 0.260 e. The summed E-state index contributed by atoms with van der Waals surface area (Å²) in [6, 6.07) is 16.6. The van der Waals surface area contributed by atoms with Gasteiger partial charge in [0.2, 0.25) is 0 Å². The minimum atomic E-state index is 0.0709. The van der Waals surface area contributed by atoms with Crippen molar-refractivity contribution < 1.29 is 14.3 Å². The van der Waals surface area contributed by atoms with E-state index in [1.165, 1.54) is 24.0 Å². The van der Waals surface area contributed by atoms with Gasteiger partial charge in [-0.15, -0.1) is 0 Å². The SMILES string of the molecule is CCOc1ccc(CN2CCC3(CCCCc4ccccc4OCC(=O)N(C)C3)CC2)cc1. The van der Waals surface area contributed by atoms with Gasteiger partial charge in [0.1, 0.15) is 11.5 Å². The van der Waals surface area contributed by atoms with Gasteiger partial charge in [-0.3, -0.25) is 9.69 Å². The summed E-state index contributed by atoms with van der Waals surface area (Å²) in [6.07, 6.45) is 6.83. The molecule has 0 aromatic heterocycles. The number of carbonyl (C=O) groups is 1. The molecule has 2 aliphatic heterocycles. The first-order chi connectivity index (χ1) is 16.1. The predicted molar refractivity (Wildman–Crippen MR) is 132 cm³/mol. The number of amides is 1. The third-order valence-electron chi connectivity index (χ3n) is 7.28. The molecule has 178 valence electrons. The molecule has 0 unspecified atom stereocenters. The van der Waals surface area contributed by atoms with E-state index in [0.717, 1.165) is 63.4 Å². The molecule has 0 aliphatic carbocycles. The van der Waals surface area contributed by atoms with Gasteiger partial charge < -0.3 is 14.4 Å². The molecule has 1 saturated heterocycles. The molecule has 1 spiro atoms. The highest BCUT2D eigenvalue weighted by atomic mass is 16.5. The minimum Gasteiger partial charge on any atom is -0.494 e. The van der Waals surface area contributed by atoms with Crippen molar-refractivity contribution in [1.29, 1.82) is 0 Å². The summed E-state index contributed by atoms with van der Waals surface area (Å²) in [4.78, 5) is 17.3. The van der Waals surface area contributed by atoms with Gasteiger partial charge in [-0.2, -0.15) is 0 Å². The number of carbonyl (C=O) groups excluding carboxylic acids is 1. The molecule has 5 heteroatoms. The van der Waals surface area contributed by atoms with Crippen LogP contribution < -0.4 is 9.47 Å². The summed E-state index contributed by atoms with van der Waals surface area (Å²) in [5, 5.41) is 0. The van der Waals surface area contributed by atoms with Crippen molar-refractivity contribution >= 4 is 5.91 Å². The lowest BCUT2D eigenvalue weighted by Gasteiger charge is -2.44. The van der Waals surface area contributed by atoms with Crippen LogP contribution in [0.1, 0.15) is 50.2 Å². The van der Waals surface area contributed by atoms with E-state index < -0.39 is 0 Å². The third kappa shape index (κ3) is 6.29. The van der Waals surface area contributed by atoms with E-state index in [2.05, 4.69) is 41.3 Å². The molecule has 2 heterocycles. The first-order valence-corrected chi connectivity index (χ1v) is 12.5. The van der Waals surface area contributed by atoms with Crippen LogP contribution >= 0.6 is 0 Å². The van der Waals surface area contributed by atoms with Gasteiger partial charge in [0.05, 0.1) is 6.61 Å². The fourth-order valence-corrected chi connectivity index (χ4v) is 5.30. The van der Waals surface area contributed by atoms with Crippen LogP contribution in [0.15, 0.2) is 48.5 Å². The van der Waals surface area contributed by atoms with Gasteiger partial charge in [-0.25, -0.2) is 0 Å². The van der Waals surface area contributed by atoms with Gasteiger partial charge in [0.25, 0.3) is 5.91 Å². The number of hydrogen-bond acceptors (Lipinski definition) is 4. The Labute approximate surface area is 198 Å². The first-order valence-electron chi connectivity index (χ1n) is 12.5. The second-order valence-electron chi connectivity index (χ2n) is 9.71. The zero-order chi connectivity index (χ0) is 23.1. The molecule has 0 saturated carbocycles. The lowest BCUT2D eigenvalue weighted by atomic mass is 9.73. The maximum absolute atomic E-state index is 12.8. The number of likely N-dealkylation sites (tertiary alicyclic amines) is 1. The summed E-state index contributed by atoms with van der Waals surface area (Å²) in [7, 11) is 1.94. The number of para-hydroxylation sites is 1. The Balaban J connectivity index is 1.37. The van der Waals surface area contributed by atoms with Crippen LogP contribution in [0.5, 0.6) is 11.5 Å². The van der Waals surface area contributed by atoms with Crippen LogP contribution in [0.3, 0.4) is 0 Å². The number of benzene rings is 2. The molecule has 0 atom stereocenters. The number of aryl methyl sites for hydroxylation is 1. The molecule has 4 rings (SSSR count). The van der Waals surface area contributed by atoms with Gasteiger partial charge in [-0.05, 0) is 86.9 Å². The monoisotopic (exact) mass is 450 g/mol. The van der Waals surface area contributed by atoms with E-state index in [4.69, 9.17) is 9.47 Å². The van der Waals surface area contributed by atoms with Crippen LogP contribution in [0.25, 0.3) is 0 Å². The fourth-order valence-electron chi connectivity index (χ4n) is 5.30. The number of nitrogens with zero attached hydrogens (tertiary/aromatic N) is 2. The largest absolute Gasteiger partial charge is 0.494 e. The summed E-state index contributed by atoms with van der Waals surface area (Å²) < 4.78 is 11.5. The second kappa shape index (κ2) is 11.1. The van der Waals surface area contributed by atoms with Crippen molar-refractivity contribution in [2.24, 2.45) is 5.41 Å². The molecule has 0 radical (unpaired) electrons. The molecule has 2 aromatic carbocycles. The zero-order valence-corrected chi connectivity index (χ0v) is 20.2. The molecule has 2 aromatic rings. The molecule has 0 N–H and O–H groups in total. The van der Waals surface area contributed by atoms with E-state index in [1.54, 1.807) is 0 Å². The zero-order valence-electron chi connectivity index (χ0n) is 20.2. The highest BCUT2D eigenvalue weighted by Crippen LogP contribution is 2.38. The highest BCUT2D eigenvalue weighted by Gasteiger charge is 2.36. The number of hydrogen-bond donors (Lipinski definition) is 0. The lowest BCUT2D eigenvalue weighted by molar-refractivity contribution is -0.134. The predicted octanol–water partition coefficient (Wildman–Crippen LogP) is 4.93. The van der Waals surface area contributed by atoms with E-state index in [1.807, 2.05) is 31.0 Å². The standard InChI is InChI=1S/C28H38N2O3/c1-3-32-25-13-11-23(12-14-25)20-30-18-16-28(17-19-30)15-7-6-9-24-8-4-5-10-26(24)33-21-27(31)29(2)22-28/h4-5,8,10-14H,3,6-7,9,15-22H2,1-2H3. The normalized spacial score (nSPS) is 19.8. The molecule has 33 heavy (non-hydrogen) atoms. The van der Waals surface area contributed by atoms with Crippen molar-refractivity contribution in [3.05, 3.63) is 59.7 Å². The fraction of sp³-hybridized carbons (Fsp3) is 0.536. The lowest BCUT2D eigenvalue weighted by Crippen LogP contribution is -2.47. The first kappa shape index (κ1) is 23.6. The maximum Gasteiger partial charge on any atom is 0.260 e. The van der Waals surface area contributed by atoms with Crippen molar-refractivity contribution in [2.45, 2.75) is 52.0 Å². The number of fused-ring (bicyclic) bond motifs is 1. The van der Waals surface area contributed by atoms with E-state index in [-0.39, 0.29) is 17.9 Å². The number of likely N-dealkylation sites (N-methyl/N-ethyl adjacent to an activating group) is 1. The Hall–Kier alpha value is -2.53. The second-order valence-corrected chi connectivity index (χ2v) is 9.71. The summed E-state index contributed by atoms with van der Waals surface area (Å²) in [5.41, 5.74) is 2.75. The van der Waals surface area contributed by atoms with Gasteiger partial charge >= 0.3 is 0 Å². The van der Waals surface area contributed by atoms with Crippen LogP contribution in [-0.4, -0.2) is 55.6 Å². The van der Waals surface area contributed by atoms with Gasteiger partial charge in [0.15, 0.2) is 6.61 Å². The summed E-state index contributed by atoms with van der Waals surface area (Å²) in [6.45, 7) is 6.78. The summed E-state index contributed by atoms with van der Waals surface area (Å²) in [5.74, 6) is 1.87. The van der Waals surface area contributed by atoms with Gasteiger partial charge in [-0.1, -0.05) is 36.8 Å². The van der Waals surface area contributed by atoms with Crippen molar-refractivity contribution in [2.75, 3.05) is 39.9 Å². The minimum absolute atomic E-state index is 0.0709. The number of rotatable bonds is 4. The molecule has 1 fully saturated rings. The summed E-state index contributed by atoms with van der Waals surface area (Å²) >= 11 is 0. The molecule has 2 aliphatic rings. The van der Waals surface area contributed by atoms with E-state index in [9.17, 15) is 4.79 Å². The van der Waals surface area contributed by atoms with Crippen LogP contribution in [-0.2, 0) is 17.8 Å². The Morgan fingerprint density at radius 2 is 1.76 bits per heavy atom. The van der Waals surface area contributed by atoms with Crippen molar-refractivity contribution in [3.8, 4) is 11.5 Å². The average molecular weight is 451 g/mol. The molecular weight excluding hydrogens is 412 g/mol. The quantitative estimate of drug-likeness (QED) is 0.662. The Morgan fingerprint density at radius 3 is 2.52 bits per heavy atom. The maximum atomic E-state index is 12.8. The Kier molecular flexibility index (Phi) is 7.92. The van der Waals surface area contributed by atoms with E-state index in [0.29, 0.717) is 6.61 Å². The highest BCUT2D eigenvalue weighted by molar-refractivity contribution is 5.77. The van der Waals surface area contributed by atoms with Crippen LogP contribution in [0, 0.1) is 5.41 Å². The Morgan fingerprint density at radius 1 is 1.00 bits per heavy atom. The topological polar surface area (TPSA) is 42.0 Å². The van der Waals surface area contributed by atoms with Gasteiger partial charge in [0, 0.05) is 20.1 Å². The molecule has 1 amide bonds.